The van der Waals surface area contributed by atoms with Crippen LogP contribution in [0.4, 0.5) is 0 Å². The van der Waals surface area contributed by atoms with Crippen LogP contribution in [0.2, 0.25) is 0 Å². The lowest BCUT2D eigenvalue weighted by Gasteiger charge is -2.36. The maximum atomic E-state index is 13.4. The Kier molecular flexibility index (Phi) is 10.3. The number of amides is 3. The first kappa shape index (κ1) is 29.7. The lowest BCUT2D eigenvalue weighted by Crippen LogP contribution is -2.55. The highest BCUT2D eigenvalue weighted by molar-refractivity contribution is 5.90. The molecule has 2 heterocycles. The first-order valence-electron chi connectivity index (χ1n) is 14.3. The molecule has 9 heteroatoms. The van der Waals surface area contributed by atoms with Gasteiger partial charge in [-0.3, -0.25) is 19.3 Å². The second-order valence-electron chi connectivity index (χ2n) is 11.0. The highest BCUT2D eigenvalue weighted by Gasteiger charge is 2.49. The maximum absolute atomic E-state index is 13.4. The number of nitrogens with zero attached hydrogens (tertiary/aromatic N) is 1. The molecule has 2 aromatic carbocycles. The summed E-state index contributed by atoms with van der Waals surface area (Å²) in [5.74, 6) is -0.841. The average Bonchev–Trinajstić information content (AvgIpc) is 3.25. The molecule has 4 rings (SSSR count). The van der Waals surface area contributed by atoms with Crippen molar-refractivity contribution in [2.45, 2.75) is 77.7 Å². The number of nitrogens with one attached hydrogen (secondary N) is 3. The monoisotopic (exact) mass is 550 g/mol. The van der Waals surface area contributed by atoms with E-state index in [4.69, 9.17) is 9.47 Å². The number of fused-ring (bicyclic) bond motifs is 2. The highest BCUT2D eigenvalue weighted by atomic mass is 16.7. The molecule has 2 fully saturated rings. The molecule has 2 aromatic rings. The van der Waals surface area contributed by atoms with E-state index in [0.717, 1.165) is 29.5 Å². The largest absolute Gasteiger partial charge is 0.354 e. The molecule has 9 nitrogen and oxygen atoms in total. The first-order valence-corrected chi connectivity index (χ1v) is 14.3. The van der Waals surface area contributed by atoms with Crippen LogP contribution in [0.1, 0.15) is 56.3 Å². The molecule has 2 aliphatic rings. The third kappa shape index (κ3) is 7.47. The molecular weight excluding hydrogens is 508 g/mol. The molecule has 0 radical (unpaired) electrons. The number of carbonyl (C=O) groups excluding carboxylic acids is 3. The van der Waals surface area contributed by atoms with E-state index in [1.165, 1.54) is 0 Å². The topological polar surface area (TPSA) is 109 Å². The molecule has 3 N–H and O–H groups in total. The van der Waals surface area contributed by atoms with E-state index in [0.29, 0.717) is 26.2 Å². The predicted molar refractivity (Wildman–Crippen MR) is 152 cm³/mol. The summed E-state index contributed by atoms with van der Waals surface area (Å²) in [6, 6.07) is 16.3. The van der Waals surface area contributed by atoms with Gasteiger partial charge < -0.3 is 25.4 Å². The standard InChI is InChI=1S/C31H42N4O5/c1-5-6-16-32-30(37)27(23-14-12-21(4)13-15-23)35-18-24-28(40-25(19-35)39-24)31(38)34-26(20(2)3)29(36)33-17-22-10-8-7-9-11-22/h7-15,20,24-28H,5-6,16-19H2,1-4H3,(H,32,37)(H,33,36)(H,34,38)/t24-,25-,26-,27-,28-/m0/s1. The summed E-state index contributed by atoms with van der Waals surface area (Å²) in [4.78, 5) is 41.8. The van der Waals surface area contributed by atoms with Gasteiger partial charge in [0.15, 0.2) is 12.4 Å². The summed E-state index contributed by atoms with van der Waals surface area (Å²) >= 11 is 0. The molecule has 0 aromatic heterocycles. The minimum absolute atomic E-state index is 0.0745. The molecule has 2 aliphatic heterocycles. The normalized spacial score (nSPS) is 22.0. The zero-order valence-corrected chi connectivity index (χ0v) is 23.9. The summed E-state index contributed by atoms with van der Waals surface area (Å²) in [5.41, 5.74) is 2.98. The number of hydrogen-bond acceptors (Lipinski definition) is 6. The van der Waals surface area contributed by atoms with E-state index >= 15 is 0 Å². The SMILES string of the molecule is CCCCNC(=O)[C@H](c1ccc(C)cc1)N1C[C@H]2O[C@@H](C1)[C@@H](C(=O)N[C@H](C(=O)NCc1ccccc1)C(C)C)O2. The van der Waals surface area contributed by atoms with Crippen LogP contribution < -0.4 is 16.0 Å². The Morgan fingerprint density at radius 1 is 0.950 bits per heavy atom. The van der Waals surface area contributed by atoms with Gasteiger partial charge in [-0.25, -0.2) is 0 Å². The van der Waals surface area contributed by atoms with Gasteiger partial charge in [0.25, 0.3) is 5.91 Å². The molecule has 0 spiro atoms. The van der Waals surface area contributed by atoms with Crippen LogP contribution in [-0.2, 0) is 30.4 Å². The maximum Gasteiger partial charge on any atom is 0.252 e. The minimum Gasteiger partial charge on any atom is -0.354 e. The van der Waals surface area contributed by atoms with Crippen LogP contribution >= 0.6 is 0 Å². The third-order valence-electron chi connectivity index (χ3n) is 7.41. The quantitative estimate of drug-likeness (QED) is 0.351. The average molecular weight is 551 g/mol. The van der Waals surface area contributed by atoms with Crippen LogP contribution in [0.5, 0.6) is 0 Å². The second kappa shape index (κ2) is 13.9. The Balaban J connectivity index is 1.42. The number of aryl methyl sites for hydroxylation is 1. The molecule has 0 unspecified atom stereocenters. The summed E-state index contributed by atoms with van der Waals surface area (Å²) in [6.07, 6.45) is -0.184. The number of carbonyl (C=O) groups is 3. The van der Waals surface area contributed by atoms with Gasteiger partial charge in [-0.15, -0.1) is 0 Å². The van der Waals surface area contributed by atoms with Crippen LogP contribution in [-0.4, -0.2) is 66.8 Å². The van der Waals surface area contributed by atoms with Crippen molar-refractivity contribution in [1.29, 1.82) is 0 Å². The van der Waals surface area contributed by atoms with Crippen molar-refractivity contribution in [3.63, 3.8) is 0 Å². The van der Waals surface area contributed by atoms with E-state index < -0.39 is 30.6 Å². The van der Waals surface area contributed by atoms with Gasteiger partial charge in [0, 0.05) is 19.6 Å². The van der Waals surface area contributed by atoms with Crippen molar-refractivity contribution in [3.05, 3.63) is 71.3 Å². The van der Waals surface area contributed by atoms with E-state index in [1.54, 1.807) is 0 Å². The zero-order chi connectivity index (χ0) is 28.6. The molecule has 3 amide bonds. The molecule has 216 valence electrons. The minimum atomic E-state index is -0.875. The molecular formula is C31H42N4O5. The fourth-order valence-electron chi connectivity index (χ4n) is 5.14. The molecule has 5 atom stereocenters. The predicted octanol–water partition coefficient (Wildman–Crippen LogP) is 2.84. The first-order chi connectivity index (χ1) is 19.3. The van der Waals surface area contributed by atoms with Crippen molar-refractivity contribution in [2.75, 3.05) is 19.6 Å². The van der Waals surface area contributed by atoms with Crippen molar-refractivity contribution in [2.24, 2.45) is 5.92 Å². The number of rotatable bonds is 12. The van der Waals surface area contributed by atoms with Crippen LogP contribution in [0.15, 0.2) is 54.6 Å². The van der Waals surface area contributed by atoms with Crippen LogP contribution in [0.25, 0.3) is 0 Å². The van der Waals surface area contributed by atoms with Crippen LogP contribution in [0.3, 0.4) is 0 Å². The van der Waals surface area contributed by atoms with Crippen molar-refractivity contribution >= 4 is 17.7 Å². The number of ether oxygens (including phenoxy) is 2. The number of morpholine rings is 1. The van der Waals surface area contributed by atoms with E-state index in [-0.39, 0.29) is 23.6 Å². The number of benzene rings is 2. The van der Waals surface area contributed by atoms with Gasteiger partial charge in [-0.2, -0.15) is 0 Å². The molecule has 2 bridgehead atoms. The van der Waals surface area contributed by atoms with Crippen LogP contribution in [0, 0.1) is 12.8 Å². The Morgan fingerprint density at radius 2 is 1.68 bits per heavy atom. The fourth-order valence-corrected chi connectivity index (χ4v) is 5.14. The summed E-state index contributed by atoms with van der Waals surface area (Å²) < 4.78 is 12.0. The Labute approximate surface area is 237 Å². The smallest absolute Gasteiger partial charge is 0.252 e. The lowest BCUT2D eigenvalue weighted by molar-refractivity contribution is -0.143. The van der Waals surface area contributed by atoms with Crippen molar-refractivity contribution < 1.29 is 23.9 Å². The Morgan fingerprint density at radius 3 is 2.35 bits per heavy atom. The summed E-state index contributed by atoms with van der Waals surface area (Å²) in [7, 11) is 0. The van der Waals surface area contributed by atoms with Crippen molar-refractivity contribution in [3.8, 4) is 0 Å². The van der Waals surface area contributed by atoms with Gasteiger partial charge in [0.2, 0.25) is 11.8 Å². The highest BCUT2D eigenvalue weighted by Crippen LogP contribution is 2.32. The van der Waals surface area contributed by atoms with Gasteiger partial charge >= 0.3 is 0 Å². The summed E-state index contributed by atoms with van der Waals surface area (Å²) in [5, 5.41) is 8.88. The number of hydrogen-bond donors (Lipinski definition) is 3. The Bertz CT molecular complexity index is 1140. The zero-order valence-electron chi connectivity index (χ0n) is 23.9. The van der Waals surface area contributed by atoms with E-state index in [2.05, 4.69) is 22.9 Å². The van der Waals surface area contributed by atoms with Crippen molar-refractivity contribution in [1.82, 2.24) is 20.9 Å². The second-order valence-corrected chi connectivity index (χ2v) is 11.0. The molecule has 0 saturated carbocycles. The van der Waals surface area contributed by atoms with Gasteiger partial charge in [-0.1, -0.05) is 87.4 Å². The third-order valence-corrected chi connectivity index (χ3v) is 7.41. The van der Waals surface area contributed by atoms with Gasteiger partial charge in [-0.05, 0) is 30.4 Å². The molecule has 2 saturated heterocycles. The van der Waals surface area contributed by atoms with E-state index in [9.17, 15) is 14.4 Å². The van der Waals surface area contributed by atoms with Gasteiger partial charge in [0.05, 0.1) is 6.54 Å². The lowest BCUT2D eigenvalue weighted by atomic mass is 10.0. The Hall–Kier alpha value is -3.27. The summed E-state index contributed by atoms with van der Waals surface area (Å²) in [6.45, 7) is 9.57. The number of unbranched alkanes of at least 4 members (excludes halogenated alkanes) is 1. The molecule has 40 heavy (non-hydrogen) atoms. The van der Waals surface area contributed by atoms with Gasteiger partial charge in [0.1, 0.15) is 18.2 Å². The molecule has 0 aliphatic carbocycles. The van der Waals surface area contributed by atoms with E-state index in [1.807, 2.05) is 80.3 Å². The fraction of sp³-hybridized carbons (Fsp3) is 0.516.